The predicted molar refractivity (Wildman–Crippen MR) is 77.1 cm³/mol. The van der Waals surface area contributed by atoms with E-state index in [9.17, 15) is 20.2 Å². The normalized spacial score (nSPS) is 10.0. The highest BCUT2D eigenvalue weighted by atomic mass is 16.6. The molecule has 2 aromatic carbocycles. The minimum absolute atomic E-state index is 0.0270. The summed E-state index contributed by atoms with van der Waals surface area (Å²) in [5.41, 5.74) is 0.393. The molecule has 0 aliphatic heterocycles. The molecule has 0 atom stereocenters. The predicted octanol–water partition coefficient (Wildman–Crippen LogP) is 3.09. The van der Waals surface area contributed by atoms with Gasteiger partial charge in [-0.3, -0.25) is 20.2 Å². The Labute approximate surface area is 125 Å². The smallest absolute Gasteiger partial charge is 0.273 e. The summed E-state index contributed by atoms with van der Waals surface area (Å²) in [7, 11) is 1.42. The second-order valence-electron chi connectivity index (χ2n) is 4.31. The number of nitrogens with zero attached hydrogens (tertiary/aromatic N) is 2. The molecule has 8 nitrogen and oxygen atoms in total. The van der Waals surface area contributed by atoms with Gasteiger partial charge in [0.05, 0.1) is 23.0 Å². The largest absolute Gasteiger partial charge is 0.493 e. The molecule has 114 valence electrons. The Morgan fingerprint density at radius 3 is 2.27 bits per heavy atom. The average molecular weight is 304 g/mol. The summed E-state index contributed by atoms with van der Waals surface area (Å²) in [5.74, 6) is 0.541. The van der Waals surface area contributed by atoms with Gasteiger partial charge in [0.1, 0.15) is 6.61 Å². The number of non-ortho nitro benzene ring substituents is 2. The molecule has 0 heterocycles. The van der Waals surface area contributed by atoms with Crippen molar-refractivity contribution < 1.29 is 19.3 Å². The van der Waals surface area contributed by atoms with Crippen LogP contribution in [0.15, 0.2) is 42.5 Å². The van der Waals surface area contributed by atoms with Crippen LogP contribution in [-0.2, 0) is 6.61 Å². The van der Waals surface area contributed by atoms with E-state index in [4.69, 9.17) is 9.47 Å². The lowest BCUT2D eigenvalue weighted by atomic mass is 10.2. The quantitative estimate of drug-likeness (QED) is 0.599. The summed E-state index contributed by atoms with van der Waals surface area (Å²) in [4.78, 5) is 20.5. The molecule has 0 saturated carbocycles. The molecule has 0 radical (unpaired) electrons. The maximum Gasteiger partial charge on any atom is 0.273 e. The van der Waals surface area contributed by atoms with E-state index in [1.54, 1.807) is 12.1 Å². The Balaban J connectivity index is 2.20. The molecule has 0 fully saturated rings. The molecule has 0 aromatic heterocycles. The number of ether oxygens (including phenoxy) is 2. The number of methoxy groups -OCH3 is 1. The lowest BCUT2D eigenvalue weighted by Gasteiger charge is -2.10. The summed E-state index contributed by atoms with van der Waals surface area (Å²) >= 11 is 0. The second-order valence-corrected chi connectivity index (χ2v) is 4.31. The molecule has 0 saturated heterocycles. The zero-order valence-corrected chi connectivity index (χ0v) is 11.6. The Morgan fingerprint density at radius 1 is 0.955 bits per heavy atom. The monoisotopic (exact) mass is 304 g/mol. The van der Waals surface area contributed by atoms with Gasteiger partial charge in [-0.05, 0) is 11.6 Å². The highest BCUT2D eigenvalue weighted by Crippen LogP contribution is 2.31. The third-order valence-corrected chi connectivity index (χ3v) is 2.87. The first kappa shape index (κ1) is 15.2. The molecule has 2 aromatic rings. The third-order valence-electron chi connectivity index (χ3n) is 2.87. The van der Waals surface area contributed by atoms with Gasteiger partial charge in [-0.25, -0.2) is 0 Å². The second kappa shape index (κ2) is 6.53. The van der Waals surface area contributed by atoms with Crippen molar-refractivity contribution in [3.63, 3.8) is 0 Å². The fourth-order valence-corrected chi connectivity index (χ4v) is 1.81. The van der Waals surface area contributed by atoms with Crippen LogP contribution in [0, 0.1) is 20.2 Å². The van der Waals surface area contributed by atoms with Crippen molar-refractivity contribution in [2.45, 2.75) is 6.61 Å². The fourth-order valence-electron chi connectivity index (χ4n) is 1.81. The van der Waals surface area contributed by atoms with E-state index >= 15 is 0 Å². The minimum Gasteiger partial charge on any atom is -0.493 e. The van der Waals surface area contributed by atoms with Crippen LogP contribution >= 0.6 is 0 Å². The molecular weight excluding hydrogens is 292 g/mol. The highest BCUT2D eigenvalue weighted by molar-refractivity contribution is 5.48. The molecular formula is C14H12N2O6. The van der Waals surface area contributed by atoms with Gasteiger partial charge < -0.3 is 9.47 Å². The van der Waals surface area contributed by atoms with Gasteiger partial charge in [-0.2, -0.15) is 0 Å². The van der Waals surface area contributed by atoms with Crippen molar-refractivity contribution in [1.82, 2.24) is 0 Å². The van der Waals surface area contributed by atoms with E-state index in [2.05, 4.69) is 0 Å². The van der Waals surface area contributed by atoms with Crippen LogP contribution in [0.2, 0.25) is 0 Å². The Hall–Kier alpha value is -3.16. The van der Waals surface area contributed by atoms with Crippen molar-refractivity contribution in [1.29, 1.82) is 0 Å². The Bertz CT molecular complexity index is 716. The van der Waals surface area contributed by atoms with Gasteiger partial charge in [-0.15, -0.1) is 0 Å². The maximum absolute atomic E-state index is 10.8. The van der Waals surface area contributed by atoms with E-state index < -0.39 is 9.85 Å². The third kappa shape index (κ3) is 3.48. The summed E-state index contributed by atoms with van der Waals surface area (Å²) in [6.07, 6.45) is 0. The van der Waals surface area contributed by atoms with Gasteiger partial charge >= 0.3 is 0 Å². The first-order chi connectivity index (χ1) is 10.5. The standard InChI is InChI=1S/C14H12N2O6/c1-21-13-6-5-12(16(19)20)8-14(13)22-9-10-3-2-4-11(7-10)15(17)18/h2-8H,9H2,1H3. The van der Waals surface area contributed by atoms with Crippen LogP contribution in [0.25, 0.3) is 0 Å². The van der Waals surface area contributed by atoms with Crippen LogP contribution in [0.3, 0.4) is 0 Å². The number of rotatable bonds is 6. The molecule has 22 heavy (non-hydrogen) atoms. The molecule has 0 spiro atoms. The van der Waals surface area contributed by atoms with Crippen molar-refractivity contribution in [3.05, 3.63) is 68.3 Å². The van der Waals surface area contributed by atoms with Gasteiger partial charge in [0.15, 0.2) is 11.5 Å². The average Bonchev–Trinajstić information content (AvgIpc) is 2.52. The zero-order valence-electron chi connectivity index (χ0n) is 11.6. The Morgan fingerprint density at radius 2 is 1.64 bits per heavy atom. The first-order valence-corrected chi connectivity index (χ1v) is 6.20. The number of hydrogen-bond donors (Lipinski definition) is 0. The summed E-state index contributed by atoms with van der Waals surface area (Å²) < 4.78 is 10.6. The Kier molecular flexibility index (Phi) is 4.52. The molecule has 0 amide bonds. The van der Waals surface area contributed by atoms with Crippen LogP contribution in [0.5, 0.6) is 11.5 Å². The maximum atomic E-state index is 10.8. The molecule has 0 N–H and O–H groups in total. The van der Waals surface area contributed by atoms with Crippen LogP contribution in [0.4, 0.5) is 11.4 Å². The first-order valence-electron chi connectivity index (χ1n) is 6.20. The van der Waals surface area contributed by atoms with Crippen LogP contribution in [0.1, 0.15) is 5.56 Å². The molecule has 0 aliphatic carbocycles. The van der Waals surface area contributed by atoms with E-state index in [-0.39, 0.29) is 23.7 Å². The molecule has 0 unspecified atom stereocenters. The van der Waals surface area contributed by atoms with Crippen LogP contribution in [-0.4, -0.2) is 17.0 Å². The molecule has 0 bridgehead atoms. The lowest BCUT2D eigenvalue weighted by Crippen LogP contribution is -1.99. The zero-order chi connectivity index (χ0) is 16.1. The van der Waals surface area contributed by atoms with Crippen molar-refractivity contribution in [3.8, 4) is 11.5 Å². The fraction of sp³-hybridized carbons (Fsp3) is 0.143. The highest BCUT2D eigenvalue weighted by Gasteiger charge is 2.13. The molecule has 8 heteroatoms. The van der Waals surface area contributed by atoms with Gasteiger partial charge in [0.2, 0.25) is 0 Å². The number of benzene rings is 2. The van der Waals surface area contributed by atoms with Crippen LogP contribution < -0.4 is 9.47 Å². The van der Waals surface area contributed by atoms with E-state index in [1.807, 2.05) is 0 Å². The SMILES string of the molecule is COc1ccc([N+](=O)[O-])cc1OCc1cccc([N+](=O)[O-])c1. The topological polar surface area (TPSA) is 105 Å². The molecule has 0 aliphatic rings. The summed E-state index contributed by atoms with van der Waals surface area (Å²) in [6.45, 7) is 0.0270. The number of nitro groups is 2. The van der Waals surface area contributed by atoms with Crippen molar-refractivity contribution >= 4 is 11.4 Å². The van der Waals surface area contributed by atoms with E-state index in [0.717, 1.165) is 0 Å². The van der Waals surface area contributed by atoms with Gasteiger partial charge in [-0.1, -0.05) is 12.1 Å². The number of nitro benzene ring substituents is 2. The van der Waals surface area contributed by atoms with E-state index in [1.165, 1.54) is 37.4 Å². The van der Waals surface area contributed by atoms with E-state index in [0.29, 0.717) is 11.3 Å². The summed E-state index contributed by atoms with van der Waals surface area (Å²) in [5, 5.41) is 21.5. The van der Waals surface area contributed by atoms with Crippen molar-refractivity contribution in [2.75, 3.05) is 7.11 Å². The lowest BCUT2D eigenvalue weighted by molar-refractivity contribution is -0.385. The minimum atomic E-state index is -0.542. The molecule has 2 rings (SSSR count). The van der Waals surface area contributed by atoms with Gasteiger partial charge in [0.25, 0.3) is 11.4 Å². The number of hydrogen-bond acceptors (Lipinski definition) is 6. The van der Waals surface area contributed by atoms with Gasteiger partial charge in [0, 0.05) is 18.2 Å². The summed E-state index contributed by atoms with van der Waals surface area (Å²) in [6, 6.07) is 9.94. The van der Waals surface area contributed by atoms with Crippen molar-refractivity contribution in [2.24, 2.45) is 0 Å².